The zero-order valence-corrected chi connectivity index (χ0v) is 12.4. The Morgan fingerprint density at radius 1 is 1.00 bits per heavy atom. The van der Waals surface area contributed by atoms with Crippen LogP contribution in [0.2, 0.25) is 0 Å². The van der Waals surface area contributed by atoms with Gasteiger partial charge in [-0.25, -0.2) is 4.79 Å². The fourth-order valence-electron chi connectivity index (χ4n) is 2.45. The maximum Gasteiger partial charge on any atom is 0.335 e. The summed E-state index contributed by atoms with van der Waals surface area (Å²) in [7, 11) is 0. The molecule has 0 aromatic heterocycles. The van der Waals surface area contributed by atoms with Crippen LogP contribution in [0, 0.1) is 0 Å². The zero-order valence-electron chi connectivity index (χ0n) is 12.4. The van der Waals surface area contributed by atoms with Gasteiger partial charge in [0, 0.05) is 5.69 Å². The molecule has 2 N–H and O–H groups in total. The molecule has 1 heterocycles. The number of hydrogen-bond donors (Lipinski definition) is 2. The first-order valence-corrected chi connectivity index (χ1v) is 7.06. The highest BCUT2D eigenvalue weighted by Gasteiger charge is 2.36. The number of hydrogen-bond acceptors (Lipinski definition) is 4. The Labute approximate surface area is 136 Å². The first-order valence-electron chi connectivity index (χ1n) is 7.06. The summed E-state index contributed by atoms with van der Waals surface area (Å²) in [5.74, 6) is -2.93. The number of carbonyl (C=O) groups is 4. The lowest BCUT2D eigenvalue weighted by atomic mass is 10.1. The van der Waals surface area contributed by atoms with Crippen molar-refractivity contribution < 1.29 is 24.3 Å². The van der Waals surface area contributed by atoms with E-state index in [1.807, 2.05) is 0 Å². The van der Waals surface area contributed by atoms with Gasteiger partial charge in [-0.2, -0.15) is 0 Å². The summed E-state index contributed by atoms with van der Waals surface area (Å²) in [4.78, 5) is 47.9. The molecule has 0 spiro atoms. The SMILES string of the molecule is O=C(CN1C(=O)C(=O)c2ccccc21)Nc1ccc(C(=O)O)cc1. The van der Waals surface area contributed by atoms with E-state index in [1.54, 1.807) is 18.2 Å². The summed E-state index contributed by atoms with van der Waals surface area (Å²) < 4.78 is 0. The Balaban J connectivity index is 1.72. The largest absolute Gasteiger partial charge is 0.478 e. The second-order valence-electron chi connectivity index (χ2n) is 5.17. The van der Waals surface area contributed by atoms with Crippen LogP contribution in [-0.2, 0) is 9.59 Å². The number of amides is 2. The molecule has 0 unspecified atom stereocenters. The molecule has 7 heteroatoms. The number of carboxylic acids is 1. The number of fused-ring (bicyclic) bond motifs is 1. The fraction of sp³-hybridized carbons (Fsp3) is 0.0588. The molecule has 1 aliphatic heterocycles. The molecular formula is C17H12N2O5. The van der Waals surface area contributed by atoms with Crippen LogP contribution >= 0.6 is 0 Å². The number of anilines is 2. The third-order valence-electron chi connectivity index (χ3n) is 3.60. The average molecular weight is 324 g/mol. The minimum absolute atomic E-state index is 0.0993. The highest BCUT2D eigenvalue weighted by atomic mass is 16.4. The van der Waals surface area contributed by atoms with Gasteiger partial charge in [-0.15, -0.1) is 0 Å². The third-order valence-corrected chi connectivity index (χ3v) is 3.60. The van der Waals surface area contributed by atoms with Crippen molar-refractivity contribution in [2.75, 3.05) is 16.8 Å². The topological polar surface area (TPSA) is 104 Å². The Morgan fingerprint density at radius 3 is 2.33 bits per heavy atom. The Morgan fingerprint density at radius 2 is 1.67 bits per heavy atom. The van der Waals surface area contributed by atoms with Gasteiger partial charge in [-0.1, -0.05) is 12.1 Å². The van der Waals surface area contributed by atoms with E-state index in [-0.39, 0.29) is 17.7 Å². The number of para-hydroxylation sites is 1. The predicted molar refractivity (Wildman–Crippen MR) is 85.2 cm³/mol. The normalized spacial score (nSPS) is 12.9. The van der Waals surface area contributed by atoms with Crippen molar-refractivity contribution in [3.8, 4) is 0 Å². The lowest BCUT2D eigenvalue weighted by Gasteiger charge is -2.16. The summed E-state index contributed by atoms with van der Waals surface area (Å²) in [6.07, 6.45) is 0. The van der Waals surface area contributed by atoms with Gasteiger partial charge in [-0.3, -0.25) is 19.3 Å². The lowest BCUT2D eigenvalue weighted by molar-refractivity contribution is -0.118. The van der Waals surface area contributed by atoms with Crippen LogP contribution in [0.1, 0.15) is 20.7 Å². The molecule has 0 saturated heterocycles. The van der Waals surface area contributed by atoms with Gasteiger partial charge < -0.3 is 10.4 Å². The maximum atomic E-state index is 12.1. The van der Waals surface area contributed by atoms with Gasteiger partial charge >= 0.3 is 5.97 Å². The van der Waals surface area contributed by atoms with Crippen molar-refractivity contribution in [3.63, 3.8) is 0 Å². The van der Waals surface area contributed by atoms with Crippen LogP contribution in [-0.4, -0.2) is 35.2 Å². The molecule has 0 atom stereocenters. The van der Waals surface area contributed by atoms with Crippen molar-refractivity contribution >= 4 is 34.9 Å². The average Bonchev–Trinajstić information content (AvgIpc) is 2.81. The molecule has 24 heavy (non-hydrogen) atoms. The third kappa shape index (κ3) is 2.74. The number of ketones is 1. The van der Waals surface area contributed by atoms with Crippen molar-refractivity contribution in [2.24, 2.45) is 0 Å². The molecule has 7 nitrogen and oxygen atoms in total. The Kier molecular flexibility index (Phi) is 3.83. The van der Waals surface area contributed by atoms with Crippen LogP contribution in [0.4, 0.5) is 11.4 Å². The van der Waals surface area contributed by atoms with Gasteiger partial charge in [0.15, 0.2) is 0 Å². The van der Waals surface area contributed by atoms with E-state index >= 15 is 0 Å². The summed E-state index contributed by atoms with van der Waals surface area (Å²) in [5.41, 5.74) is 1.18. The van der Waals surface area contributed by atoms with Gasteiger partial charge in [0.25, 0.3) is 11.7 Å². The highest BCUT2D eigenvalue weighted by molar-refractivity contribution is 6.52. The standard InChI is InChI=1S/C17H12N2O5/c20-14(18-11-7-5-10(6-8-11)17(23)24)9-19-13-4-2-1-3-12(13)15(21)16(19)22/h1-8H,9H2,(H,18,20)(H,23,24). The zero-order chi connectivity index (χ0) is 17.3. The molecule has 2 aromatic carbocycles. The number of rotatable bonds is 4. The minimum Gasteiger partial charge on any atom is -0.478 e. The van der Waals surface area contributed by atoms with Crippen LogP contribution < -0.4 is 10.2 Å². The number of benzene rings is 2. The number of aromatic carboxylic acids is 1. The monoisotopic (exact) mass is 324 g/mol. The molecule has 0 aliphatic carbocycles. The molecule has 0 bridgehead atoms. The predicted octanol–water partition coefficient (Wildman–Crippen LogP) is 1.55. The first kappa shape index (κ1) is 15.4. The Bertz CT molecular complexity index is 858. The first-order chi connectivity index (χ1) is 11.5. The smallest absolute Gasteiger partial charge is 0.335 e. The lowest BCUT2D eigenvalue weighted by Crippen LogP contribution is -2.37. The van der Waals surface area contributed by atoms with E-state index in [4.69, 9.17) is 5.11 Å². The fourth-order valence-corrected chi connectivity index (χ4v) is 2.45. The van der Waals surface area contributed by atoms with E-state index in [1.165, 1.54) is 30.3 Å². The number of Topliss-reactive ketones (excluding diaryl/α,β-unsaturated/α-hetero) is 1. The van der Waals surface area contributed by atoms with Crippen molar-refractivity contribution in [1.82, 2.24) is 0 Å². The summed E-state index contributed by atoms with van der Waals surface area (Å²) in [5, 5.41) is 11.4. The van der Waals surface area contributed by atoms with Gasteiger partial charge in [-0.05, 0) is 36.4 Å². The van der Waals surface area contributed by atoms with E-state index in [2.05, 4.69) is 5.32 Å². The number of carboxylic acid groups (broad SMARTS) is 1. The summed E-state index contributed by atoms with van der Waals surface area (Å²) in [6, 6.07) is 12.1. The number of nitrogens with one attached hydrogen (secondary N) is 1. The van der Waals surface area contributed by atoms with E-state index < -0.39 is 23.6 Å². The molecule has 0 fully saturated rings. The summed E-state index contributed by atoms with van der Waals surface area (Å²) >= 11 is 0. The molecule has 0 radical (unpaired) electrons. The Hall–Kier alpha value is -3.48. The summed E-state index contributed by atoms with van der Waals surface area (Å²) in [6.45, 7) is -0.303. The van der Waals surface area contributed by atoms with Gasteiger partial charge in [0.1, 0.15) is 6.54 Å². The number of nitrogens with zero attached hydrogens (tertiary/aromatic N) is 1. The van der Waals surface area contributed by atoms with Crippen LogP contribution in [0.15, 0.2) is 48.5 Å². The van der Waals surface area contributed by atoms with Crippen LogP contribution in [0.3, 0.4) is 0 Å². The van der Waals surface area contributed by atoms with E-state index in [0.29, 0.717) is 11.4 Å². The molecule has 120 valence electrons. The van der Waals surface area contributed by atoms with Crippen molar-refractivity contribution in [2.45, 2.75) is 0 Å². The van der Waals surface area contributed by atoms with Gasteiger partial charge in [0.2, 0.25) is 5.91 Å². The molecule has 2 amide bonds. The molecular weight excluding hydrogens is 312 g/mol. The quantitative estimate of drug-likeness (QED) is 0.831. The van der Waals surface area contributed by atoms with Crippen molar-refractivity contribution in [3.05, 3.63) is 59.7 Å². The van der Waals surface area contributed by atoms with E-state index in [0.717, 1.165) is 4.90 Å². The second-order valence-corrected chi connectivity index (χ2v) is 5.17. The van der Waals surface area contributed by atoms with E-state index in [9.17, 15) is 19.2 Å². The van der Waals surface area contributed by atoms with Crippen molar-refractivity contribution in [1.29, 1.82) is 0 Å². The second kappa shape index (κ2) is 5.96. The van der Waals surface area contributed by atoms with Gasteiger partial charge in [0.05, 0.1) is 16.8 Å². The minimum atomic E-state index is -1.06. The number of carbonyl (C=O) groups excluding carboxylic acids is 3. The molecule has 2 aromatic rings. The van der Waals surface area contributed by atoms with Crippen LogP contribution in [0.25, 0.3) is 0 Å². The molecule has 1 aliphatic rings. The molecule has 3 rings (SSSR count). The highest BCUT2D eigenvalue weighted by Crippen LogP contribution is 2.28. The maximum absolute atomic E-state index is 12.1. The van der Waals surface area contributed by atoms with Crippen LogP contribution in [0.5, 0.6) is 0 Å². The molecule has 0 saturated carbocycles.